The van der Waals surface area contributed by atoms with Gasteiger partial charge in [-0.15, -0.1) is 24.0 Å². The average Bonchev–Trinajstić information content (AvgIpc) is 2.94. The fourth-order valence-electron chi connectivity index (χ4n) is 5.73. The number of hydrogen-bond donors (Lipinski definition) is 2. The molecule has 0 aliphatic heterocycles. The Hall–Kier alpha value is -0.860. The number of aryl methyl sites for hydroxylation is 1. The third-order valence-electron chi connectivity index (χ3n) is 6.32. The molecule has 1 aromatic rings. The third kappa shape index (κ3) is 4.11. The Morgan fingerprint density at radius 1 is 1.20 bits per heavy atom. The van der Waals surface area contributed by atoms with Crippen LogP contribution in [0.3, 0.4) is 0 Å². The molecular formula is C18H31IN6. The smallest absolute Gasteiger partial charge is 0.191 e. The molecule has 7 heteroatoms. The predicted molar refractivity (Wildman–Crippen MR) is 110 cm³/mol. The molecule has 0 amide bonds. The van der Waals surface area contributed by atoms with Crippen LogP contribution in [-0.4, -0.2) is 33.8 Å². The molecule has 6 nitrogen and oxygen atoms in total. The van der Waals surface area contributed by atoms with Gasteiger partial charge in [0.25, 0.3) is 0 Å². The number of guanidine groups is 1. The van der Waals surface area contributed by atoms with E-state index in [0.717, 1.165) is 42.6 Å². The summed E-state index contributed by atoms with van der Waals surface area (Å²) in [4.78, 5) is 8.96. The first kappa shape index (κ1) is 18.9. The zero-order valence-electron chi connectivity index (χ0n) is 15.4. The van der Waals surface area contributed by atoms with Crippen molar-refractivity contribution in [1.82, 2.24) is 25.4 Å². The highest BCUT2D eigenvalue weighted by Crippen LogP contribution is 2.59. The van der Waals surface area contributed by atoms with E-state index in [1.807, 2.05) is 7.05 Å². The maximum absolute atomic E-state index is 4.70. The molecule has 0 saturated heterocycles. The molecule has 2 N–H and O–H groups in total. The first-order chi connectivity index (χ1) is 11.7. The topological polar surface area (TPSA) is 67.1 Å². The lowest BCUT2D eigenvalue weighted by Gasteiger charge is -2.57. The fraction of sp³-hybridized carbons (Fsp3) is 0.833. The fourth-order valence-corrected chi connectivity index (χ4v) is 5.73. The number of aromatic nitrogens is 3. The number of hydrogen-bond acceptors (Lipinski definition) is 3. The van der Waals surface area contributed by atoms with Gasteiger partial charge in [-0.2, -0.15) is 5.10 Å². The first-order valence-electron chi connectivity index (χ1n) is 9.51. The van der Waals surface area contributed by atoms with E-state index >= 15 is 0 Å². The van der Waals surface area contributed by atoms with Crippen molar-refractivity contribution in [3.8, 4) is 0 Å². The molecule has 0 atom stereocenters. The summed E-state index contributed by atoms with van der Waals surface area (Å²) in [5.74, 6) is 4.79. The lowest BCUT2D eigenvalue weighted by molar-refractivity contribution is -0.0492. The molecule has 5 rings (SSSR count). The van der Waals surface area contributed by atoms with Crippen LogP contribution in [-0.2, 0) is 13.6 Å². The van der Waals surface area contributed by atoms with Gasteiger partial charge < -0.3 is 10.6 Å². The zero-order valence-corrected chi connectivity index (χ0v) is 17.7. The van der Waals surface area contributed by atoms with Crippen LogP contribution in [0.4, 0.5) is 0 Å². The summed E-state index contributed by atoms with van der Waals surface area (Å²) in [6, 6.07) is 0. The number of nitrogens with zero attached hydrogens (tertiary/aromatic N) is 4. The van der Waals surface area contributed by atoms with E-state index < -0.39 is 0 Å². The van der Waals surface area contributed by atoms with Gasteiger partial charge in [-0.25, -0.2) is 9.98 Å². The molecule has 4 aliphatic rings. The van der Waals surface area contributed by atoms with Crippen LogP contribution in [0, 0.1) is 23.2 Å². The second kappa shape index (κ2) is 7.80. The zero-order chi connectivity index (χ0) is 16.6. The van der Waals surface area contributed by atoms with E-state index in [9.17, 15) is 0 Å². The Labute approximate surface area is 167 Å². The molecule has 1 aromatic heterocycles. The second-order valence-corrected chi connectivity index (χ2v) is 8.27. The minimum Gasteiger partial charge on any atom is -0.357 e. The Morgan fingerprint density at radius 2 is 1.84 bits per heavy atom. The van der Waals surface area contributed by atoms with Crippen LogP contribution >= 0.6 is 24.0 Å². The van der Waals surface area contributed by atoms with Gasteiger partial charge in [0.2, 0.25) is 0 Å². The lowest BCUT2D eigenvalue weighted by Crippen LogP contribution is -2.52. The summed E-state index contributed by atoms with van der Waals surface area (Å²) in [5, 5.41) is 11.1. The Bertz CT molecular complexity index is 575. The summed E-state index contributed by atoms with van der Waals surface area (Å²) in [7, 11) is 1.91. The third-order valence-corrected chi connectivity index (χ3v) is 6.32. The van der Waals surface area contributed by atoms with Crippen molar-refractivity contribution in [2.45, 2.75) is 52.0 Å². The van der Waals surface area contributed by atoms with Gasteiger partial charge in [-0.3, -0.25) is 4.68 Å². The lowest BCUT2D eigenvalue weighted by atomic mass is 9.49. The standard InChI is InChI=1S/C18H30N6.HI/c1-3-19-17(20-10-16-22-12-23-24(16)2)21-11-18-7-13-4-14(8-18)6-15(5-13)9-18;/h12-15H,3-11H2,1-2H3,(H2,19,20,21);1H. The molecule has 4 fully saturated rings. The highest BCUT2D eigenvalue weighted by molar-refractivity contribution is 14.0. The van der Waals surface area contributed by atoms with E-state index in [-0.39, 0.29) is 24.0 Å². The molecule has 1 heterocycles. The van der Waals surface area contributed by atoms with E-state index in [1.54, 1.807) is 11.0 Å². The van der Waals surface area contributed by atoms with Gasteiger partial charge in [-0.05, 0) is 68.6 Å². The molecule has 140 valence electrons. The highest BCUT2D eigenvalue weighted by Gasteiger charge is 2.50. The van der Waals surface area contributed by atoms with Crippen LogP contribution in [0.15, 0.2) is 11.3 Å². The van der Waals surface area contributed by atoms with E-state index in [2.05, 4.69) is 27.6 Å². The average molecular weight is 458 g/mol. The van der Waals surface area contributed by atoms with Crippen LogP contribution in [0.1, 0.15) is 51.3 Å². The monoisotopic (exact) mass is 458 g/mol. The highest BCUT2D eigenvalue weighted by atomic mass is 127. The van der Waals surface area contributed by atoms with E-state index in [0.29, 0.717) is 12.0 Å². The molecule has 4 aliphatic carbocycles. The minimum absolute atomic E-state index is 0. The van der Waals surface area contributed by atoms with Crippen LogP contribution in [0.25, 0.3) is 0 Å². The molecule has 25 heavy (non-hydrogen) atoms. The summed E-state index contributed by atoms with van der Waals surface area (Å²) in [5.41, 5.74) is 0.524. The molecular weight excluding hydrogens is 427 g/mol. The molecule has 0 aromatic carbocycles. The number of halogens is 1. The van der Waals surface area contributed by atoms with Gasteiger partial charge in [0, 0.05) is 20.1 Å². The summed E-state index contributed by atoms with van der Waals surface area (Å²) >= 11 is 0. The van der Waals surface area contributed by atoms with Crippen molar-refractivity contribution in [3.63, 3.8) is 0 Å². The van der Waals surface area contributed by atoms with Gasteiger partial charge in [0.05, 0.1) is 0 Å². The van der Waals surface area contributed by atoms with Crippen molar-refractivity contribution in [3.05, 3.63) is 12.2 Å². The van der Waals surface area contributed by atoms with Crippen molar-refractivity contribution < 1.29 is 0 Å². The largest absolute Gasteiger partial charge is 0.357 e. The minimum atomic E-state index is 0. The number of nitrogens with one attached hydrogen (secondary N) is 2. The summed E-state index contributed by atoms with van der Waals surface area (Å²) in [6.07, 6.45) is 10.4. The summed E-state index contributed by atoms with van der Waals surface area (Å²) < 4.78 is 1.78. The maximum atomic E-state index is 4.70. The first-order valence-corrected chi connectivity index (χ1v) is 9.51. The summed E-state index contributed by atoms with van der Waals surface area (Å²) in [6.45, 7) is 4.63. The van der Waals surface area contributed by atoms with Crippen molar-refractivity contribution in [2.75, 3.05) is 13.1 Å². The van der Waals surface area contributed by atoms with Crippen molar-refractivity contribution >= 4 is 29.9 Å². The molecule has 0 unspecified atom stereocenters. The Kier molecular flexibility index (Phi) is 5.90. The molecule has 4 saturated carbocycles. The SMILES string of the molecule is CCNC(=NCc1ncnn1C)NCC12CC3CC(CC(C3)C1)C2.I. The quantitative estimate of drug-likeness (QED) is 0.405. The van der Waals surface area contributed by atoms with Gasteiger partial charge >= 0.3 is 0 Å². The van der Waals surface area contributed by atoms with Crippen molar-refractivity contribution in [1.29, 1.82) is 0 Å². The van der Waals surface area contributed by atoms with E-state index in [1.165, 1.54) is 38.5 Å². The van der Waals surface area contributed by atoms with Crippen LogP contribution < -0.4 is 10.6 Å². The molecule has 0 radical (unpaired) electrons. The van der Waals surface area contributed by atoms with E-state index in [4.69, 9.17) is 4.99 Å². The van der Waals surface area contributed by atoms with Gasteiger partial charge in [-0.1, -0.05) is 0 Å². The van der Waals surface area contributed by atoms with Gasteiger partial charge in [0.1, 0.15) is 18.7 Å². The van der Waals surface area contributed by atoms with Crippen molar-refractivity contribution in [2.24, 2.45) is 35.2 Å². The van der Waals surface area contributed by atoms with Crippen LogP contribution in [0.5, 0.6) is 0 Å². The molecule has 4 bridgehead atoms. The van der Waals surface area contributed by atoms with Crippen LogP contribution in [0.2, 0.25) is 0 Å². The number of aliphatic imine (C=N–C) groups is 1. The van der Waals surface area contributed by atoms with Gasteiger partial charge in [0.15, 0.2) is 5.96 Å². The molecule has 0 spiro atoms. The second-order valence-electron chi connectivity index (χ2n) is 8.27. The predicted octanol–water partition coefficient (Wildman–Crippen LogP) is 2.70. The normalized spacial score (nSPS) is 33.2. The Balaban J connectivity index is 0.00000182. The Morgan fingerprint density at radius 3 is 2.36 bits per heavy atom. The number of rotatable bonds is 5. The maximum Gasteiger partial charge on any atom is 0.191 e.